The minimum Gasteiger partial charge on any atom is -0.352 e. The lowest BCUT2D eigenvalue weighted by molar-refractivity contribution is -0.119. The van der Waals surface area contributed by atoms with Crippen molar-refractivity contribution >= 4 is 33.1 Å². The number of piperazine rings is 1. The Balaban J connectivity index is 1.38. The Kier molecular flexibility index (Phi) is 5.79. The lowest BCUT2D eigenvalue weighted by Crippen LogP contribution is -2.48. The second kappa shape index (κ2) is 8.50. The van der Waals surface area contributed by atoms with Crippen LogP contribution in [0.5, 0.6) is 0 Å². The average molecular weight is 448 g/mol. The molecular formula is C18H21N7O3S2. The Bertz CT molecular complexity index is 1100. The second-order valence-corrected chi connectivity index (χ2v) is 10.1. The maximum Gasteiger partial charge on any atom is 0.252 e. The van der Waals surface area contributed by atoms with Crippen molar-refractivity contribution in [2.24, 2.45) is 0 Å². The van der Waals surface area contributed by atoms with Crippen molar-refractivity contribution in [1.82, 2.24) is 29.6 Å². The van der Waals surface area contributed by atoms with Gasteiger partial charge in [0, 0.05) is 50.4 Å². The molecule has 158 valence electrons. The van der Waals surface area contributed by atoms with Crippen LogP contribution < -0.4 is 10.2 Å². The number of thiophene rings is 1. The molecule has 0 aliphatic carbocycles. The summed E-state index contributed by atoms with van der Waals surface area (Å²) >= 11 is 1.18. The van der Waals surface area contributed by atoms with E-state index in [-0.39, 0.29) is 5.91 Å². The van der Waals surface area contributed by atoms with E-state index in [1.54, 1.807) is 29.2 Å². The first-order chi connectivity index (χ1) is 14.4. The molecule has 1 aliphatic rings. The van der Waals surface area contributed by atoms with Crippen LogP contribution in [0.3, 0.4) is 0 Å². The first kappa shape index (κ1) is 20.4. The molecule has 1 aliphatic heterocycles. The highest BCUT2D eigenvalue weighted by Gasteiger charge is 2.30. The van der Waals surface area contributed by atoms with E-state index in [9.17, 15) is 13.2 Å². The van der Waals surface area contributed by atoms with Gasteiger partial charge in [0.25, 0.3) is 10.0 Å². The highest BCUT2D eigenvalue weighted by molar-refractivity contribution is 7.91. The van der Waals surface area contributed by atoms with Gasteiger partial charge in [0.15, 0.2) is 11.6 Å². The quantitative estimate of drug-likeness (QED) is 0.596. The number of carbonyl (C=O) groups excluding carboxylic acids is 1. The van der Waals surface area contributed by atoms with E-state index in [1.807, 2.05) is 23.1 Å². The van der Waals surface area contributed by atoms with Crippen molar-refractivity contribution in [2.75, 3.05) is 31.1 Å². The Labute approximate surface area is 178 Å². The fourth-order valence-electron chi connectivity index (χ4n) is 3.10. The number of aromatic nitrogens is 4. The number of rotatable bonds is 6. The van der Waals surface area contributed by atoms with Crippen molar-refractivity contribution in [3.63, 3.8) is 0 Å². The number of nitrogens with one attached hydrogen (secondary N) is 1. The van der Waals surface area contributed by atoms with E-state index in [0.717, 1.165) is 4.88 Å². The molecule has 0 saturated carbocycles. The number of sulfonamides is 1. The fraction of sp³-hybridized carbons (Fsp3) is 0.333. The molecule has 3 aromatic heterocycles. The van der Waals surface area contributed by atoms with Gasteiger partial charge in [0.05, 0.1) is 6.54 Å². The van der Waals surface area contributed by atoms with Crippen LogP contribution in [-0.2, 0) is 21.4 Å². The molecule has 0 bridgehead atoms. The smallest absolute Gasteiger partial charge is 0.252 e. The van der Waals surface area contributed by atoms with E-state index >= 15 is 0 Å². The summed E-state index contributed by atoms with van der Waals surface area (Å²) in [6, 6.07) is 8.84. The summed E-state index contributed by atoms with van der Waals surface area (Å²) in [5, 5.41) is 15.3. The zero-order valence-electron chi connectivity index (χ0n) is 16.3. The molecule has 1 amide bonds. The van der Waals surface area contributed by atoms with Gasteiger partial charge in [-0.3, -0.25) is 4.79 Å². The minimum atomic E-state index is -3.56. The maximum absolute atomic E-state index is 13.0. The van der Waals surface area contributed by atoms with Crippen LogP contribution in [0.15, 0.2) is 46.9 Å². The molecule has 0 radical (unpaired) electrons. The Morgan fingerprint density at radius 1 is 1.10 bits per heavy atom. The lowest BCUT2D eigenvalue weighted by atomic mass is 10.3. The molecule has 4 rings (SSSR count). The van der Waals surface area contributed by atoms with Crippen LogP contribution in [-0.4, -0.2) is 64.8 Å². The second-order valence-electron chi connectivity index (χ2n) is 6.72. The molecule has 12 heteroatoms. The first-order valence-electron chi connectivity index (χ1n) is 9.35. The molecule has 0 spiro atoms. The average Bonchev–Trinajstić information content (AvgIpc) is 3.45. The molecular weight excluding hydrogens is 426 g/mol. The Morgan fingerprint density at radius 3 is 2.47 bits per heavy atom. The number of hydrogen-bond donors (Lipinski definition) is 1. The van der Waals surface area contributed by atoms with Gasteiger partial charge in [-0.05, 0) is 30.3 Å². The highest BCUT2D eigenvalue weighted by atomic mass is 32.2. The number of anilines is 1. The molecule has 0 atom stereocenters. The Hall–Kier alpha value is -2.83. The number of hydrogen-bond acceptors (Lipinski definition) is 8. The summed E-state index contributed by atoms with van der Waals surface area (Å²) < 4.78 is 29.3. The molecule has 1 saturated heterocycles. The SMILES string of the molecule is CC(=O)NCc1ccc(S(=O)(=O)N2CCN(c3ccc(-n4cccn4)nn3)CC2)s1. The summed E-state index contributed by atoms with van der Waals surface area (Å²) in [7, 11) is -3.56. The van der Waals surface area contributed by atoms with Gasteiger partial charge in [-0.15, -0.1) is 21.5 Å². The standard InChI is InChI=1S/C18H21N7O3S2/c1-14(26)19-13-15-3-6-18(29-15)30(27,28)24-11-9-23(10-12-24)16-4-5-17(22-21-16)25-8-2-7-20-25/h2-8H,9-13H2,1H3,(H,19,26). The third kappa shape index (κ3) is 4.35. The number of carbonyl (C=O) groups is 1. The van der Waals surface area contributed by atoms with Gasteiger partial charge in [-0.25, -0.2) is 13.1 Å². The molecule has 30 heavy (non-hydrogen) atoms. The Morgan fingerprint density at radius 2 is 1.83 bits per heavy atom. The van der Waals surface area contributed by atoms with E-state index in [4.69, 9.17) is 0 Å². The van der Waals surface area contributed by atoms with Gasteiger partial charge >= 0.3 is 0 Å². The van der Waals surface area contributed by atoms with Crippen LogP contribution >= 0.6 is 11.3 Å². The topological polar surface area (TPSA) is 113 Å². The molecule has 1 N–H and O–H groups in total. The van der Waals surface area contributed by atoms with E-state index in [2.05, 4.69) is 20.6 Å². The van der Waals surface area contributed by atoms with Crippen molar-refractivity contribution in [1.29, 1.82) is 0 Å². The fourth-order valence-corrected chi connectivity index (χ4v) is 5.97. The lowest BCUT2D eigenvalue weighted by Gasteiger charge is -2.34. The summed E-state index contributed by atoms with van der Waals surface area (Å²) in [6.07, 6.45) is 3.46. The predicted octanol–water partition coefficient (Wildman–Crippen LogP) is 0.871. The minimum absolute atomic E-state index is 0.148. The van der Waals surface area contributed by atoms with Gasteiger partial charge in [0.1, 0.15) is 4.21 Å². The number of nitrogens with zero attached hydrogens (tertiary/aromatic N) is 6. The van der Waals surface area contributed by atoms with E-state index in [0.29, 0.717) is 48.6 Å². The van der Waals surface area contributed by atoms with Gasteiger partial charge in [-0.2, -0.15) is 9.40 Å². The van der Waals surface area contributed by atoms with E-state index < -0.39 is 10.0 Å². The molecule has 3 aromatic rings. The monoisotopic (exact) mass is 447 g/mol. The van der Waals surface area contributed by atoms with Crippen molar-refractivity contribution in [3.05, 3.63) is 47.6 Å². The summed E-state index contributed by atoms with van der Waals surface area (Å²) in [6.45, 7) is 3.54. The van der Waals surface area contributed by atoms with Crippen LogP contribution in [0.1, 0.15) is 11.8 Å². The van der Waals surface area contributed by atoms with Gasteiger partial charge in [-0.1, -0.05) is 0 Å². The summed E-state index contributed by atoms with van der Waals surface area (Å²) in [4.78, 5) is 13.9. The maximum atomic E-state index is 13.0. The first-order valence-corrected chi connectivity index (χ1v) is 11.6. The number of amides is 1. The summed E-state index contributed by atoms with van der Waals surface area (Å²) in [5.74, 6) is 1.18. The van der Waals surface area contributed by atoms with Crippen LogP contribution in [0.4, 0.5) is 5.82 Å². The highest BCUT2D eigenvalue weighted by Crippen LogP contribution is 2.26. The normalized spacial score (nSPS) is 15.3. The molecule has 0 aromatic carbocycles. The predicted molar refractivity (Wildman–Crippen MR) is 112 cm³/mol. The third-order valence-corrected chi connectivity index (χ3v) is 8.13. The zero-order chi connectivity index (χ0) is 21.1. The van der Waals surface area contributed by atoms with Crippen LogP contribution in [0.2, 0.25) is 0 Å². The largest absolute Gasteiger partial charge is 0.352 e. The molecule has 10 nitrogen and oxygen atoms in total. The summed E-state index contributed by atoms with van der Waals surface area (Å²) in [5.41, 5.74) is 0. The van der Waals surface area contributed by atoms with E-state index in [1.165, 1.54) is 22.6 Å². The molecule has 0 unspecified atom stereocenters. The molecule has 1 fully saturated rings. The van der Waals surface area contributed by atoms with Crippen molar-refractivity contribution in [3.8, 4) is 5.82 Å². The van der Waals surface area contributed by atoms with Gasteiger partial charge in [0.2, 0.25) is 5.91 Å². The van der Waals surface area contributed by atoms with Crippen molar-refractivity contribution in [2.45, 2.75) is 17.7 Å². The van der Waals surface area contributed by atoms with Crippen LogP contribution in [0.25, 0.3) is 5.82 Å². The molecule has 4 heterocycles. The third-order valence-electron chi connectivity index (χ3n) is 4.68. The van der Waals surface area contributed by atoms with Gasteiger partial charge < -0.3 is 10.2 Å². The zero-order valence-corrected chi connectivity index (χ0v) is 17.9. The van der Waals surface area contributed by atoms with Crippen molar-refractivity contribution < 1.29 is 13.2 Å². The van der Waals surface area contributed by atoms with Crippen LogP contribution in [0, 0.1) is 0 Å².